The van der Waals surface area contributed by atoms with E-state index in [1.807, 2.05) is 0 Å². The fourth-order valence-electron chi connectivity index (χ4n) is 3.11. The Morgan fingerprint density at radius 1 is 1.47 bits per heavy atom. The van der Waals surface area contributed by atoms with E-state index < -0.39 is 0 Å². The molecule has 3 heterocycles. The van der Waals surface area contributed by atoms with Crippen molar-refractivity contribution in [3.63, 3.8) is 0 Å². The third-order valence-corrected chi connectivity index (χ3v) is 5.15. The smallest absolute Gasteiger partial charge is 0.0911 e. The highest BCUT2D eigenvalue weighted by Gasteiger charge is 2.38. The Kier molecular flexibility index (Phi) is 1.89. The van der Waals surface area contributed by atoms with Gasteiger partial charge in [0.05, 0.1) is 10.9 Å². The van der Waals surface area contributed by atoms with Gasteiger partial charge in [0.2, 0.25) is 0 Å². The Labute approximate surface area is 104 Å². The molecule has 2 unspecified atom stereocenters. The van der Waals surface area contributed by atoms with Crippen molar-refractivity contribution in [2.75, 3.05) is 25.9 Å². The molecule has 1 aliphatic carbocycles. The molecule has 0 amide bonds. The molecule has 5 heteroatoms. The number of rotatable bonds is 1. The molecule has 1 fully saturated rings. The van der Waals surface area contributed by atoms with Crippen molar-refractivity contribution in [1.82, 2.24) is 10.3 Å². The van der Waals surface area contributed by atoms with Gasteiger partial charge in [-0.15, -0.1) is 11.3 Å². The van der Waals surface area contributed by atoms with Gasteiger partial charge in [0.1, 0.15) is 0 Å². The third kappa shape index (κ3) is 1.35. The quantitative estimate of drug-likeness (QED) is 0.736. The van der Waals surface area contributed by atoms with Crippen LogP contribution in [-0.2, 0) is 6.42 Å². The highest BCUT2D eigenvalue weighted by molar-refractivity contribution is 7.16. The predicted octanol–water partition coefficient (Wildman–Crippen LogP) is 1.31. The van der Waals surface area contributed by atoms with Crippen molar-refractivity contribution in [3.05, 3.63) is 16.0 Å². The topological polar surface area (TPSA) is 63.6 Å². The first-order chi connectivity index (χ1) is 8.24. The lowest BCUT2D eigenvalue weighted by molar-refractivity contribution is 0.382. The van der Waals surface area contributed by atoms with Crippen molar-refractivity contribution in [3.8, 4) is 0 Å². The van der Waals surface area contributed by atoms with Gasteiger partial charge >= 0.3 is 0 Å². The van der Waals surface area contributed by atoms with Crippen LogP contribution in [0.3, 0.4) is 0 Å². The van der Waals surface area contributed by atoms with Gasteiger partial charge in [-0.25, -0.2) is 0 Å². The maximum absolute atomic E-state index is 6.20. The lowest BCUT2D eigenvalue weighted by atomic mass is 9.85. The highest BCUT2D eigenvalue weighted by Crippen LogP contribution is 2.46. The fraction of sp³-hybridized carbons (Fsp3) is 0.583. The summed E-state index contributed by atoms with van der Waals surface area (Å²) in [5, 5.41) is 11.1. The molecule has 4 rings (SSSR count). The number of hydrogen-bond donors (Lipinski definition) is 2. The Balaban J connectivity index is 1.82. The Bertz CT molecular complexity index is 515. The number of anilines is 1. The van der Waals surface area contributed by atoms with E-state index in [2.05, 4.69) is 22.5 Å². The van der Waals surface area contributed by atoms with Crippen molar-refractivity contribution in [2.45, 2.75) is 24.8 Å². The summed E-state index contributed by atoms with van der Waals surface area (Å²) in [4.78, 5) is 1.49. The summed E-state index contributed by atoms with van der Waals surface area (Å²) in [5.41, 5.74) is 10.5. The van der Waals surface area contributed by atoms with E-state index in [1.54, 1.807) is 11.3 Å². The molecular weight excluding hydrogens is 232 g/mol. The van der Waals surface area contributed by atoms with Gasteiger partial charge < -0.3 is 11.1 Å². The van der Waals surface area contributed by atoms with E-state index in [0.717, 1.165) is 30.9 Å². The maximum Gasteiger partial charge on any atom is 0.0911 e. The van der Waals surface area contributed by atoms with Crippen LogP contribution in [0.25, 0.3) is 0 Å². The van der Waals surface area contributed by atoms with Gasteiger partial charge in [0.15, 0.2) is 0 Å². The van der Waals surface area contributed by atoms with Crippen LogP contribution in [0.5, 0.6) is 0 Å². The van der Waals surface area contributed by atoms with E-state index >= 15 is 0 Å². The first-order valence-electron chi connectivity index (χ1n) is 6.17. The van der Waals surface area contributed by atoms with Crippen molar-refractivity contribution in [1.29, 1.82) is 0 Å². The number of fused-ring (bicyclic) bond motifs is 3. The molecule has 90 valence electrons. The van der Waals surface area contributed by atoms with Crippen LogP contribution in [0.15, 0.2) is 5.10 Å². The zero-order valence-electron chi connectivity index (χ0n) is 9.86. The fourth-order valence-corrected chi connectivity index (χ4v) is 4.41. The number of nitrogens with two attached hydrogens (primary N) is 1. The number of thiophene rings is 1. The molecule has 0 spiro atoms. The van der Waals surface area contributed by atoms with Gasteiger partial charge in [-0.05, 0) is 18.4 Å². The second kappa shape index (κ2) is 3.23. The highest BCUT2D eigenvalue weighted by atomic mass is 32.1. The third-order valence-electron chi connectivity index (χ3n) is 3.96. The molecule has 17 heavy (non-hydrogen) atoms. The summed E-state index contributed by atoms with van der Waals surface area (Å²) in [5.74, 6) is 0.517. The summed E-state index contributed by atoms with van der Waals surface area (Å²) in [6.45, 7) is 2.12. The maximum atomic E-state index is 6.20. The van der Waals surface area contributed by atoms with E-state index in [-0.39, 0.29) is 0 Å². The zero-order chi connectivity index (χ0) is 11.6. The summed E-state index contributed by atoms with van der Waals surface area (Å²) in [7, 11) is 2.06. The number of likely N-dealkylation sites (N-methyl/N-ethyl adjacent to an activating group) is 1. The van der Waals surface area contributed by atoms with Gasteiger partial charge in [-0.2, -0.15) is 5.10 Å². The minimum Gasteiger partial charge on any atom is -0.390 e. The Morgan fingerprint density at radius 3 is 3.06 bits per heavy atom. The molecule has 4 nitrogen and oxygen atoms in total. The number of nitrogens with zero attached hydrogens (tertiary/aromatic N) is 2. The van der Waals surface area contributed by atoms with E-state index in [0.29, 0.717) is 12.0 Å². The largest absolute Gasteiger partial charge is 0.390 e. The van der Waals surface area contributed by atoms with Crippen LogP contribution < -0.4 is 11.1 Å². The second-order valence-electron chi connectivity index (χ2n) is 5.17. The first kappa shape index (κ1) is 9.91. The van der Waals surface area contributed by atoms with Crippen LogP contribution in [0.1, 0.15) is 34.4 Å². The van der Waals surface area contributed by atoms with Gasteiger partial charge in [-0.3, -0.25) is 5.01 Å². The number of hydrogen-bond acceptors (Lipinski definition) is 5. The number of nitrogens with one attached hydrogen (secondary N) is 1. The van der Waals surface area contributed by atoms with Crippen LogP contribution in [-0.4, -0.2) is 30.9 Å². The first-order valence-corrected chi connectivity index (χ1v) is 6.98. The van der Waals surface area contributed by atoms with Crippen molar-refractivity contribution in [2.24, 2.45) is 5.10 Å². The predicted molar refractivity (Wildman–Crippen MR) is 70.6 cm³/mol. The van der Waals surface area contributed by atoms with Crippen molar-refractivity contribution < 1.29 is 0 Å². The molecule has 2 atom stereocenters. The Morgan fingerprint density at radius 2 is 2.29 bits per heavy atom. The minimum atomic E-state index is 0.517. The van der Waals surface area contributed by atoms with Gasteiger partial charge in [-0.1, -0.05) is 0 Å². The lowest BCUT2D eigenvalue weighted by Gasteiger charge is -2.19. The van der Waals surface area contributed by atoms with Crippen LogP contribution >= 0.6 is 11.3 Å². The average molecular weight is 248 g/mol. The normalized spacial score (nSPS) is 29.9. The Hall–Kier alpha value is -1.07. The zero-order valence-corrected chi connectivity index (χ0v) is 10.7. The molecule has 3 N–H and O–H groups in total. The standard InChI is InChI=1S/C12H16N4S/c1-16-5-7-8(15-16)3-2-6-10(9-4-14-9)12(13)17-11(6)7/h7,9,14H,2-5,13H2,1H3. The van der Waals surface area contributed by atoms with E-state index in [4.69, 9.17) is 5.73 Å². The van der Waals surface area contributed by atoms with Crippen LogP contribution in [0, 0.1) is 0 Å². The molecule has 0 radical (unpaired) electrons. The van der Waals surface area contributed by atoms with E-state index in [9.17, 15) is 0 Å². The summed E-state index contributed by atoms with van der Waals surface area (Å²) >= 11 is 1.79. The average Bonchev–Trinajstić information content (AvgIpc) is 2.95. The van der Waals surface area contributed by atoms with E-state index in [1.165, 1.54) is 21.7 Å². The molecule has 1 aromatic rings. The molecule has 3 aliphatic rings. The lowest BCUT2D eigenvalue weighted by Crippen LogP contribution is -2.20. The molecule has 1 aromatic heterocycles. The monoisotopic (exact) mass is 248 g/mol. The summed E-state index contributed by atoms with van der Waals surface area (Å²) in [6, 6.07) is 0.535. The van der Waals surface area contributed by atoms with Crippen molar-refractivity contribution >= 4 is 22.0 Å². The number of nitrogen functional groups attached to an aromatic ring is 1. The summed E-state index contributed by atoms with van der Waals surface area (Å²) in [6.07, 6.45) is 2.23. The van der Waals surface area contributed by atoms with Gasteiger partial charge in [0.25, 0.3) is 0 Å². The minimum absolute atomic E-state index is 0.517. The number of hydrazone groups is 1. The molecule has 0 aromatic carbocycles. The second-order valence-corrected chi connectivity index (χ2v) is 6.25. The molecular formula is C12H16N4S. The van der Waals surface area contributed by atoms with Crippen LogP contribution in [0.2, 0.25) is 0 Å². The molecule has 2 aliphatic heterocycles. The molecule has 0 saturated carbocycles. The summed E-state index contributed by atoms with van der Waals surface area (Å²) < 4.78 is 0. The van der Waals surface area contributed by atoms with Crippen LogP contribution in [0.4, 0.5) is 5.00 Å². The van der Waals surface area contributed by atoms with Gasteiger partial charge in [0, 0.05) is 42.3 Å². The molecule has 1 saturated heterocycles. The SMILES string of the molecule is CN1CC2C(=N1)CCc1c2sc(N)c1C1CN1. The molecule has 0 bridgehead atoms.